The van der Waals surface area contributed by atoms with Crippen molar-refractivity contribution in [1.29, 1.82) is 0 Å². The molecule has 1 saturated heterocycles. The predicted molar refractivity (Wildman–Crippen MR) is 69.2 cm³/mol. The fourth-order valence-corrected chi connectivity index (χ4v) is 2.37. The number of rotatable bonds is 1. The molecule has 0 bridgehead atoms. The molecule has 1 fully saturated rings. The molecule has 0 spiro atoms. The molecule has 0 amide bonds. The number of piperazine rings is 1. The molecule has 3 rings (SSSR count). The van der Waals surface area contributed by atoms with Gasteiger partial charge in [-0.25, -0.2) is 0 Å². The molecular formula is C13H16N4. The molecule has 2 aromatic rings. The summed E-state index contributed by atoms with van der Waals surface area (Å²) in [6.45, 7) is 5.19. The number of hydrogen-bond acceptors (Lipinski definition) is 4. The summed E-state index contributed by atoms with van der Waals surface area (Å²) in [7, 11) is 0. The van der Waals surface area contributed by atoms with Gasteiger partial charge in [0.25, 0.3) is 0 Å². The maximum absolute atomic E-state index is 4.31. The Balaban J connectivity index is 2.04. The van der Waals surface area contributed by atoms with E-state index in [1.807, 2.05) is 12.3 Å². The minimum absolute atomic E-state index is 0.504. The van der Waals surface area contributed by atoms with E-state index >= 15 is 0 Å². The minimum atomic E-state index is 0.504. The maximum Gasteiger partial charge on any atom is 0.159 e. The summed E-state index contributed by atoms with van der Waals surface area (Å²) >= 11 is 0. The average Bonchev–Trinajstić information content (AvgIpc) is 2.38. The Labute approximate surface area is 101 Å². The van der Waals surface area contributed by atoms with Gasteiger partial charge in [-0.1, -0.05) is 24.3 Å². The molecule has 88 valence electrons. The highest BCUT2D eigenvalue weighted by Crippen LogP contribution is 2.23. The van der Waals surface area contributed by atoms with Gasteiger partial charge >= 0.3 is 0 Å². The summed E-state index contributed by atoms with van der Waals surface area (Å²) in [5.41, 5.74) is 0. The van der Waals surface area contributed by atoms with Crippen molar-refractivity contribution >= 4 is 16.6 Å². The SMILES string of the molecule is C[C@@H]1CN(c2nncc3ccccc23)CCN1. The van der Waals surface area contributed by atoms with Crippen LogP contribution >= 0.6 is 0 Å². The van der Waals surface area contributed by atoms with Crippen LogP contribution in [0.1, 0.15) is 6.92 Å². The number of fused-ring (bicyclic) bond motifs is 1. The number of nitrogens with zero attached hydrogens (tertiary/aromatic N) is 3. The Morgan fingerprint density at radius 2 is 2.24 bits per heavy atom. The van der Waals surface area contributed by atoms with Crippen LogP contribution in [0.5, 0.6) is 0 Å². The van der Waals surface area contributed by atoms with E-state index in [0.29, 0.717) is 6.04 Å². The molecule has 4 heteroatoms. The molecule has 0 radical (unpaired) electrons. The van der Waals surface area contributed by atoms with Crippen LogP contribution in [0, 0.1) is 0 Å². The summed E-state index contributed by atoms with van der Waals surface area (Å²) in [4.78, 5) is 2.32. The molecule has 1 aliphatic heterocycles. The van der Waals surface area contributed by atoms with Crippen LogP contribution in [0.15, 0.2) is 30.5 Å². The summed E-state index contributed by atoms with van der Waals surface area (Å²) < 4.78 is 0. The average molecular weight is 228 g/mol. The van der Waals surface area contributed by atoms with Gasteiger partial charge in [0, 0.05) is 36.4 Å². The first kappa shape index (κ1) is 10.5. The third-order valence-corrected chi connectivity index (χ3v) is 3.22. The second-order valence-corrected chi connectivity index (χ2v) is 4.56. The zero-order valence-electron chi connectivity index (χ0n) is 9.93. The molecule has 1 aliphatic rings. The van der Waals surface area contributed by atoms with E-state index in [2.05, 4.69) is 45.5 Å². The summed E-state index contributed by atoms with van der Waals surface area (Å²) in [5, 5.41) is 14.2. The van der Waals surface area contributed by atoms with Crippen LogP contribution in [0.25, 0.3) is 10.8 Å². The molecule has 0 aliphatic carbocycles. The highest BCUT2D eigenvalue weighted by atomic mass is 15.3. The lowest BCUT2D eigenvalue weighted by atomic mass is 10.1. The molecule has 4 nitrogen and oxygen atoms in total. The molecule has 17 heavy (non-hydrogen) atoms. The third-order valence-electron chi connectivity index (χ3n) is 3.22. The van der Waals surface area contributed by atoms with Crippen LogP contribution < -0.4 is 10.2 Å². The zero-order chi connectivity index (χ0) is 11.7. The summed E-state index contributed by atoms with van der Waals surface area (Å²) in [5.74, 6) is 1.01. The molecule has 0 saturated carbocycles. The fourth-order valence-electron chi connectivity index (χ4n) is 2.37. The van der Waals surface area contributed by atoms with Crippen molar-refractivity contribution < 1.29 is 0 Å². The molecule has 1 atom stereocenters. The second-order valence-electron chi connectivity index (χ2n) is 4.56. The number of benzene rings is 1. The quantitative estimate of drug-likeness (QED) is 0.801. The topological polar surface area (TPSA) is 41.1 Å². The van der Waals surface area contributed by atoms with Crippen molar-refractivity contribution in [2.24, 2.45) is 0 Å². The maximum atomic E-state index is 4.31. The molecule has 1 N–H and O–H groups in total. The predicted octanol–water partition coefficient (Wildman–Crippen LogP) is 1.43. The third kappa shape index (κ3) is 1.96. The van der Waals surface area contributed by atoms with Gasteiger partial charge in [-0.15, -0.1) is 5.10 Å². The second kappa shape index (κ2) is 4.30. The van der Waals surface area contributed by atoms with Crippen molar-refractivity contribution in [1.82, 2.24) is 15.5 Å². The van der Waals surface area contributed by atoms with Crippen molar-refractivity contribution in [3.05, 3.63) is 30.5 Å². The summed E-state index contributed by atoms with van der Waals surface area (Å²) in [6, 6.07) is 8.79. The van der Waals surface area contributed by atoms with Crippen molar-refractivity contribution in [3.63, 3.8) is 0 Å². The molecule has 2 heterocycles. The van der Waals surface area contributed by atoms with E-state index in [1.165, 1.54) is 5.39 Å². The van der Waals surface area contributed by atoms with Gasteiger partial charge in [0.15, 0.2) is 5.82 Å². The molecule has 0 unspecified atom stereocenters. The van der Waals surface area contributed by atoms with Gasteiger partial charge in [-0.3, -0.25) is 0 Å². The van der Waals surface area contributed by atoms with E-state index < -0.39 is 0 Å². The lowest BCUT2D eigenvalue weighted by Gasteiger charge is -2.32. The van der Waals surface area contributed by atoms with Crippen LogP contribution in [0.4, 0.5) is 5.82 Å². The van der Waals surface area contributed by atoms with Gasteiger partial charge in [0.05, 0.1) is 6.20 Å². The summed E-state index contributed by atoms with van der Waals surface area (Å²) in [6.07, 6.45) is 1.82. The Hall–Kier alpha value is -1.68. The normalized spacial score (nSPS) is 20.8. The van der Waals surface area contributed by atoms with Crippen LogP contribution in [0.2, 0.25) is 0 Å². The van der Waals surface area contributed by atoms with Gasteiger partial charge in [0.1, 0.15) is 0 Å². The molecule has 1 aromatic carbocycles. The largest absolute Gasteiger partial charge is 0.352 e. The monoisotopic (exact) mass is 228 g/mol. The van der Waals surface area contributed by atoms with Crippen molar-refractivity contribution in [3.8, 4) is 0 Å². The lowest BCUT2D eigenvalue weighted by molar-refractivity contribution is 0.482. The Kier molecular flexibility index (Phi) is 2.65. The fraction of sp³-hybridized carbons (Fsp3) is 0.385. The van der Waals surface area contributed by atoms with E-state index in [0.717, 1.165) is 30.8 Å². The number of hydrogen-bond donors (Lipinski definition) is 1. The smallest absolute Gasteiger partial charge is 0.159 e. The molecular weight excluding hydrogens is 212 g/mol. The first-order valence-corrected chi connectivity index (χ1v) is 6.03. The van der Waals surface area contributed by atoms with Crippen LogP contribution in [-0.4, -0.2) is 35.9 Å². The number of nitrogens with one attached hydrogen (secondary N) is 1. The number of anilines is 1. The van der Waals surface area contributed by atoms with E-state index in [9.17, 15) is 0 Å². The Bertz CT molecular complexity index is 520. The van der Waals surface area contributed by atoms with Gasteiger partial charge in [-0.2, -0.15) is 5.10 Å². The van der Waals surface area contributed by atoms with Gasteiger partial charge in [-0.05, 0) is 6.92 Å². The van der Waals surface area contributed by atoms with Crippen molar-refractivity contribution in [2.45, 2.75) is 13.0 Å². The van der Waals surface area contributed by atoms with E-state index in [1.54, 1.807) is 0 Å². The standard InChI is InChI=1S/C13H16N4/c1-10-9-17(7-6-14-10)13-12-5-3-2-4-11(12)8-15-16-13/h2-5,8,10,14H,6-7,9H2,1H3/t10-/m1/s1. The minimum Gasteiger partial charge on any atom is -0.352 e. The number of aromatic nitrogens is 2. The van der Waals surface area contributed by atoms with Crippen LogP contribution in [0.3, 0.4) is 0 Å². The Morgan fingerprint density at radius 1 is 1.35 bits per heavy atom. The first-order valence-electron chi connectivity index (χ1n) is 6.03. The van der Waals surface area contributed by atoms with Crippen LogP contribution in [-0.2, 0) is 0 Å². The van der Waals surface area contributed by atoms with Crippen molar-refractivity contribution in [2.75, 3.05) is 24.5 Å². The highest BCUT2D eigenvalue weighted by Gasteiger charge is 2.18. The highest BCUT2D eigenvalue weighted by molar-refractivity contribution is 5.91. The Morgan fingerprint density at radius 3 is 3.12 bits per heavy atom. The van der Waals surface area contributed by atoms with E-state index in [-0.39, 0.29) is 0 Å². The molecule has 1 aromatic heterocycles. The van der Waals surface area contributed by atoms with Gasteiger partial charge < -0.3 is 10.2 Å². The first-order chi connectivity index (χ1) is 8.34. The van der Waals surface area contributed by atoms with Gasteiger partial charge in [0.2, 0.25) is 0 Å². The lowest BCUT2D eigenvalue weighted by Crippen LogP contribution is -2.49. The zero-order valence-corrected chi connectivity index (χ0v) is 9.93. The van der Waals surface area contributed by atoms with E-state index in [4.69, 9.17) is 0 Å².